The van der Waals surface area contributed by atoms with E-state index in [1.54, 1.807) is 10.9 Å². The van der Waals surface area contributed by atoms with Crippen molar-refractivity contribution in [3.8, 4) is 5.69 Å². The predicted octanol–water partition coefficient (Wildman–Crippen LogP) is 2.07. The molecule has 1 heterocycles. The van der Waals surface area contributed by atoms with Crippen molar-refractivity contribution in [1.82, 2.24) is 15.1 Å². The average Bonchev–Trinajstić information content (AvgIpc) is 2.89. The van der Waals surface area contributed by atoms with E-state index in [1.807, 2.05) is 37.3 Å². The topological polar surface area (TPSA) is 67.2 Å². The highest BCUT2D eigenvalue weighted by atomic mass is 16.2. The number of hydrogen-bond donors (Lipinski definition) is 2. The third-order valence-corrected chi connectivity index (χ3v) is 3.38. The summed E-state index contributed by atoms with van der Waals surface area (Å²) in [6.07, 6.45) is 4.17. The quantitative estimate of drug-likeness (QED) is 0.766. The molecule has 2 N–H and O–H groups in total. The number of benzene rings is 1. The molecule has 1 aromatic carbocycles. The van der Waals surface area contributed by atoms with Crippen LogP contribution in [0.5, 0.6) is 0 Å². The highest BCUT2D eigenvalue weighted by Crippen LogP contribution is 2.13. The third kappa shape index (κ3) is 3.92. The van der Waals surface area contributed by atoms with Crippen LogP contribution in [0.1, 0.15) is 35.3 Å². The standard InChI is InChI=1S/C16H21N3O2/c1-13-15(16(21)17-10-6-3-7-11-20)12-18-19(13)14-8-4-2-5-9-14/h2,4-5,8-9,12,20H,3,6-7,10-11H2,1H3,(H,17,21). The van der Waals surface area contributed by atoms with E-state index >= 15 is 0 Å². The van der Waals surface area contributed by atoms with Gasteiger partial charge in [-0.25, -0.2) is 4.68 Å². The minimum Gasteiger partial charge on any atom is -0.396 e. The maximum atomic E-state index is 12.1. The zero-order chi connectivity index (χ0) is 15.1. The SMILES string of the molecule is Cc1c(C(=O)NCCCCCO)cnn1-c1ccccc1. The highest BCUT2D eigenvalue weighted by Gasteiger charge is 2.14. The molecule has 0 unspecified atom stereocenters. The third-order valence-electron chi connectivity index (χ3n) is 3.38. The zero-order valence-corrected chi connectivity index (χ0v) is 12.2. The van der Waals surface area contributed by atoms with Crippen molar-refractivity contribution in [2.45, 2.75) is 26.2 Å². The number of amides is 1. The van der Waals surface area contributed by atoms with Crippen LogP contribution >= 0.6 is 0 Å². The van der Waals surface area contributed by atoms with Crippen LogP contribution < -0.4 is 5.32 Å². The first kappa shape index (κ1) is 15.3. The number of nitrogens with zero attached hydrogens (tertiary/aromatic N) is 2. The Morgan fingerprint density at radius 1 is 1.24 bits per heavy atom. The molecule has 5 nitrogen and oxygen atoms in total. The average molecular weight is 287 g/mol. The predicted molar refractivity (Wildman–Crippen MR) is 81.6 cm³/mol. The Morgan fingerprint density at radius 2 is 2.00 bits per heavy atom. The summed E-state index contributed by atoms with van der Waals surface area (Å²) in [7, 11) is 0. The maximum absolute atomic E-state index is 12.1. The van der Waals surface area contributed by atoms with Crippen LogP contribution in [0.15, 0.2) is 36.5 Å². The summed E-state index contributed by atoms with van der Waals surface area (Å²) in [5.74, 6) is -0.0984. The number of para-hydroxylation sites is 1. The molecule has 1 amide bonds. The molecular formula is C16H21N3O2. The number of carbonyl (C=O) groups is 1. The fraction of sp³-hybridized carbons (Fsp3) is 0.375. The van der Waals surface area contributed by atoms with Crippen molar-refractivity contribution in [3.05, 3.63) is 47.8 Å². The largest absolute Gasteiger partial charge is 0.396 e. The van der Waals surface area contributed by atoms with Crippen molar-refractivity contribution in [3.63, 3.8) is 0 Å². The van der Waals surface area contributed by atoms with Crippen molar-refractivity contribution in [2.24, 2.45) is 0 Å². The molecule has 0 aliphatic rings. The summed E-state index contributed by atoms with van der Waals surface area (Å²) in [4.78, 5) is 12.1. The number of carbonyl (C=O) groups excluding carboxylic acids is 1. The fourth-order valence-electron chi connectivity index (χ4n) is 2.17. The van der Waals surface area contributed by atoms with Crippen LogP contribution in [0, 0.1) is 6.92 Å². The second-order valence-corrected chi connectivity index (χ2v) is 4.93. The Bertz CT molecular complexity index is 578. The first-order valence-corrected chi connectivity index (χ1v) is 7.23. The van der Waals surface area contributed by atoms with Gasteiger partial charge in [0, 0.05) is 13.2 Å². The molecule has 0 fully saturated rings. The molecule has 5 heteroatoms. The van der Waals surface area contributed by atoms with Crippen LogP contribution in [0.25, 0.3) is 5.69 Å². The lowest BCUT2D eigenvalue weighted by Gasteiger charge is -2.06. The van der Waals surface area contributed by atoms with E-state index < -0.39 is 0 Å². The van der Waals surface area contributed by atoms with Gasteiger partial charge in [0.05, 0.1) is 23.1 Å². The summed E-state index contributed by atoms with van der Waals surface area (Å²) in [6, 6.07) is 9.74. The fourth-order valence-corrected chi connectivity index (χ4v) is 2.17. The van der Waals surface area contributed by atoms with Gasteiger partial charge in [0.2, 0.25) is 0 Å². The van der Waals surface area contributed by atoms with Gasteiger partial charge in [-0.3, -0.25) is 4.79 Å². The molecular weight excluding hydrogens is 266 g/mol. The van der Waals surface area contributed by atoms with Gasteiger partial charge in [-0.1, -0.05) is 18.2 Å². The number of aliphatic hydroxyl groups excluding tert-OH is 1. The van der Waals surface area contributed by atoms with Gasteiger partial charge >= 0.3 is 0 Å². The minimum atomic E-state index is -0.0984. The molecule has 0 radical (unpaired) electrons. The van der Waals surface area contributed by atoms with Gasteiger partial charge in [0.15, 0.2) is 0 Å². The van der Waals surface area contributed by atoms with E-state index in [0.29, 0.717) is 12.1 Å². The molecule has 0 spiro atoms. The molecule has 0 atom stereocenters. The lowest BCUT2D eigenvalue weighted by molar-refractivity contribution is 0.0952. The van der Waals surface area contributed by atoms with E-state index in [1.165, 1.54) is 0 Å². The van der Waals surface area contributed by atoms with Crippen LogP contribution in [0.4, 0.5) is 0 Å². The van der Waals surface area contributed by atoms with Crippen molar-refractivity contribution >= 4 is 5.91 Å². The monoisotopic (exact) mass is 287 g/mol. The number of unbranched alkanes of at least 4 members (excludes halogenated alkanes) is 2. The van der Waals surface area contributed by atoms with Crippen LogP contribution in [0.2, 0.25) is 0 Å². The van der Waals surface area contributed by atoms with E-state index in [-0.39, 0.29) is 12.5 Å². The van der Waals surface area contributed by atoms with Gasteiger partial charge in [0.1, 0.15) is 0 Å². The summed E-state index contributed by atoms with van der Waals surface area (Å²) in [6.45, 7) is 2.71. The van der Waals surface area contributed by atoms with E-state index in [2.05, 4.69) is 10.4 Å². The molecule has 1 aromatic heterocycles. The number of aromatic nitrogens is 2. The molecule has 112 valence electrons. The first-order valence-electron chi connectivity index (χ1n) is 7.23. The van der Waals surface area contributed by atoms with Crippen LogP contribution in [0.3, 0.4) is 0 Å². The van der Waals surface area contributed by atoms with Gasteiger partial charge in [-0.05, 0) is 38.3 Å². The molecule has 0 aliphatic carbocycles. The van der Waals surface area contributed by atoms with Gasteiger partial charge < -0.3 is 10.4 Å². The molecule has 0 saturated carbocycles. The van der Waals surface area contributed by atoms with Gasteiger partial charge in [-0.15, -0.1) is 0 Å². The molecule has 2 rings (SSSR count). The Kier molecular flexibility index (Phi) is 5.51. The first-order chi connectivity index (χ1) is 10.2. The van der Waals surface area contributed by atoms with Crippen LogP contribution in [-0.4, -0.2) is 33.9 Å². The van der Waals surface area contributed by atoms with E-state index in [9.17, 15) is 4.79 Å². The second kappa shape index (κ2) is 7.59. The van der Waals surface area contributed by atoms with Crippen LogP contribution in [-0.2, 0) is 0 Å². The Morgan fingerprint density at radius 3 is 2.71 bits per heavy atom. The Labute approximate surface area is 124 Å². The Balaban J connectivity index is 1.98. The van der Waals surface area contributed by atoms with Crippen molar-refractivity contribution in [1.29, 1.82) is 0 Å². The molecule has 0 aliphatic heterocycles. The summed E-state index contributed by atoms with van der Waals surface area (Å²) in [5.41, 5.74) is 2.37. The Hall–Kier alpha value is -2.14. The summed E-state index contributed by atoms with van der Waals surface area (Å²) < 4.78 is 1.76. The molecule has 21 heavy (non-hydrogen) atoms. The van der Waals surface area contributed by atoms with Crippen molar-refractivity contribution < 1.29 is 9.90 Å². The smallest absolute Gasteiger partial charge is 0.254 e. The van der Waals surface area contributed by atoms with E-state index in [0.717, 1.165) is 30.6 Å². The zero-order valence-electron chi connectivity index (χ0n) is 12.2. The lowest BCUT2D eigenvalue weighted by Crippen LogP contribution is -2.25. The van der Waals surface area contributed by atoms with Gasteiger partial charge in [0.25, 0.3) is 5.91 Å². The minimum absolute atomic E-state index is 0.0984. The second-order valence-electron chi connectivity index (χ2n) is 4.93. The summed E-state index contributed by atoms with van der Waals surface area (Å²) in [5, 5.41) is 15.9. The summed E-state index contributed by atoms with van der Waals surface area (Å²) >= 11 is 0. The van der Waals surface area contributed by atoms with Crippen molar-refractivity contribution in [2.75, 3.05) is 13.2 Å². The highest BCUT2D eigenvalue weighted by molar-refractivity contribution is 5.95. The molecule has 0 bridgehead atoms. The maximum Gasteiger partial charge on any atom is 0.254 e. The lowest BCUT2D eigenvalue weighted by atomic mass is 10.2. The molecule has 0 saturated heterocycles. The number of nitrogens with one attached hydrogen (secondary N) is 1. The molecule has 2 aromatic rings. The number of rotatable bonds is 7. The number of hydrogen-bond acceptors (Lipinski definition) is 3. The van der Waals surface area contributed by atoms with Gasteiger partial charge in [-0.2, -0.15) is 5.10 Å². The normalized spacial score (nSPS) is 10.6. The van der Waals surface area contributed by atoms with E-state index in [4.69, 9.17) is 5.11 Å². The number of aliphatic hydroxyl groups is 1.